The van der Waals surface area contributed by atoms with Crippen molar-refractivity contribution in [1.82, 2.24) is 15.2 Å². The van der Waals surface area contributed by atoms with Crippen LogP contribution >= 0.6 is 11.3 Å². The Kier molecular flexibility index (Phi) is 5.33. The van der Waals surface area contributed by atoms with Crippen molar-refractivity contribution in [2.75, 3.05) is 6.54 Å². The van der Waals surface area contributed by atoms with Crippen LogP contribution in [0.25, 0.3) is 0 Å². The molecule has 0 aromatic carbocycles. The van der Waals surface area contributed by atoms with Crippen molar-refractivity contribution < 1.29 is 9.59 Å². The molecule has 2 amide bonds. The largest absolute Gasteiger partial charge is 0.345 e. The molecule has 0 aliphatic carbocycles. The number of carbonyl (C=O) groups excluding carboxylic acids is 2. The molecule has 1 aliphatic rings. The standard InChI is InChI=1S/C15H23N3O2S/c1-4-11(15-16-9-10(3)21-15)17-14(20)12(5-2)18-8-6-7-13(18)19/h9,11-12H,4-8H2,1-3H3,(H,17,20)/t11-,12+/m1/s1. The maximum Gasteiger partial charge on any atom is 0.243 e. The van der Waals surface area contributed by atoms with Crippen LogP contribution < -0.4 is 5.32 Å². The summed E-state index contributed by atoms with van der Waals surface area (Å²) in [5.74, 6) is 0.0302. The molecule has 6 heteroatoms. The molecule has 0 saturated carbocycles. The molecule has 5 nitrogen and oxygen atoms in total. The van der Waals surface area contributed by atoms with E-state index in [0.29, 0.717) is 19.4 Å². The van der Waals surface area contributed by atoms with Crippen molar-refractivity contribution in [3.8, 4) is 0 Å². The normalized spacial score (nSPS) is 17.9. The van der Waals surface area contributed by atoms with Crippen molar-refractivity contribution in [1.29, 1.82) is 0 Å². The van der Waals surface area contributed by atoms with Crippen molar-refractivity contribution >= 4 is 23.2 Å². The lowest BCUT2D eigenvalue weighted by Gasteiger charge is -2.27. The van der Waals surface area contributed by atoms with Gasteiger partial charge in [-0.25, -0.2) is 4.98 Å². The Morgan fingerprint density at radius 1 is 1.48 bits per heavy atom. The average molecular weight is 309 g/mol. The van der Waals surface area contributed by atoms with Gasteiger partial charge in [0.05, 0.1) is 6.04 Å². The van der Waals surface area contributed by atoms with Crippen LogP contribution in [0.2, 0.25) is 0 Å². The number of aromatic nitrogens is 1. The predicted molar refractivity (Wildman–Crippen MR) is 83.1 cm³/mol. The smallest absolute Gasteiger partial charge is 0.243 e. The second-order valence-electron chi connectivity index (χ2n) is 5.39. The van der Waals surface area contributed by atoms with E-state index in [1.165, 1.54) is 0 Å². The molecule has 2 atom stereocenters. The summed E-state index contributed by atoms with van der Waals surface area (Å²) in [7, 11) is 0. The topological polar surface area (TPSA) is 62.3 Å². The molecule has 1 N–H and O–H groups in total. The highest BCUT2D eigenvalue weighted by Crippen LogP contribution is 2.23. The lowest BCUT2D eigenvalue weighted by molar-refractivity contribution is -0.137. The molecule has 0 radical (unpaired) electrons. The molecule has 1 saturated heterocycles. The quantitative estimate of drug-likeness (QED) is 0.878. The molecule has 0 unspecified atom stereocenters. The van der Waals surface area contributed by atoms with Crippen LogP contribution in [0.5, 0.6) is 0 Å². The van der Waals surface area contributed by atoms with Crippen LogP contribution in [0.15, 0.2) is 6.20 Å². The van der Waals surface area contributed by atoms with Gasteiger partial charge in [0, 0.05) is 24.0 Å². The zero-order chi connectivity index (χ0) is 15.4. The first-order chi connectivity index (χ1) is 10.1. The number of rotatable bonds is 6. The van der Waals surface area contributed by atoms with Crippen LogP contribution in [0.3, 0.4) is 0 Å². The van der Waals surface area contributed by atoms with Crippen molar-refractivity contribution in [2.45, 2.75) is 58.5 Å². The van der Waals surface area contributed by atoms with E-state index in [-0.39, 0.29) is 23.9 Å². The lowest BCUT2D eigenvalue weighted by Crippen LogP contribution is -2.48. The molecule has 1 fully saturated rings. The molecule has 21 heavy (non-hydrogen) atoms. The van der Waals surface area contributed by atoms with E-state index in [9.17, 15) is 9.59 Å². The molecular formula is C15H23N3O2S. The van der Waals surface area contributed by atoms with E-state index in [0.717, 1.165) is 22.7 Å². The molecule has 116 valence electrons. The number of aryl methyl sites for hydroxylation is 1. The number of nitrogens with zero attached hydrogens (tertiary/aromatic N) is 2. The van der Waals surface area contributed by atoms with Crippen LogP contribution in [0, 0.1) is 6.92 Å². The van der Waals surface area contributed by atoms with Gasteiger partial charge in [-0.2, -0.15) is 0 Å². The number of hydrogen-bond acceptors (Lipinski definition) is 4. The highest BCUT2D eigenvalue weighted by Gasteiger charge is 2.32. The highest BCUT2D eigenvalue weighted by atomic mass is 32.1. The van der Waals surface area contributed by atoms with Gasteiger partial charge in [-0.15, -0.1) is 11.3 Å². The first-order valence-corrected chi connectivity index (χ1v) is 8.40. The van der Waals surface area contributed by atoms with Gasteiger partial charge >= 0.3 is 0 Å². The maximum absolute atomic E-state index is 12.5. The average Bonchev–Trinajstić information content (AvgIpc) is 3.06. The fourth-order valence-corrected chi connectivity index (χ4v) is 3.59. The Hall–Kier alpha value is -1.43. The molecule has 1 aliphatic heterocycles. The minimum absolute atomic E-state index is 0.0625. The first kappa shape index (κ1) is 15.9. The fourth-order valence-electron chi connectivity index (χ4n) is 2.69. The Labute approximate surface area is 129 Å². The molecule has 1 aromatic heterocycles. The Bertz CT molecular complexity index is 515. The van der Waals surface area contributed by atoms with Gasteiger partial charge in [0.2, 0.25) is 11.8 Å². The first-order valence-electron chi connectivity index (χ1n) is 7.59. The number of likely N-dealkylation sites (tertiary alicyclic amines) is 1. The number of hydrogen-bond donors (Lipinski definition) is 1. The number of carbonyl (C=O) groups is 2. The number of amides is 2. The summed E-state index contributed by atoms with van der Waals surface area (Å²) in [6, 6.07) is -0.418. The molecule has 0 bridgehead atoms. The Balaban J connectivity index is 2.05. The molecule has 2 heterocycles. The second-order valence-corrected chi connectivity index (χ2v) is 6.66. The van der Waals surface area contributed by atoms with E-state index in [4.69, 9.17) is 0 Å². The van der Waals surface area contributed by atoms with Crippen LogP contribution in [0.4, 0.5) is 0 Å². The predicted octanol–water partition coefficient (Wildman–Crippen LogP) is 2.42. The van der Waals surface area contributed by atoms with E-state index in [1.807, 2.05) is 27.0 Å². The third kappa shape index (κ3) is 3.61. The van der Waals surface area contributed by atoms with Gasteiger partial charge in [-0.1, -0.05) is 13.8 Å². The number of thiazole rings is 1. The maximum atomic E-state index is 12.5. The summed E-state index contributed by atoms with van der Waals surface area (Å²) >= 11 is 1.61. The lowest BCUT2D eigenvalue weighted by atomic mass is 10.1. The number of nitrogens with one attached hydrogen (secondary N) is 1. The Morgan fingerprint density at radius 3 is 2.71 bits per heavy atom. The van der Waals surface area contributed by atoms with Gasteiger partial charge in [0.15, 0.2) is 0 Å². The van der Waals surface area contributed by atoms with Crippen LogP contribution in [-0.2, 0) is 9.59 Å². The van der Waals surface area contributed by atoms with E-state index < -0.39 is 0 Å². The van der Waals surface area contributed by atoms with Gasteiger partial charge in [-0.3, -0.25) is 9.59 Å². The summed E-state index contributed by atoms with van der Waals surface area (Å²) in [6.45, 7) is 6.68. The van der Waals surface area contributed by atoms with Gasteiger partial charge < -0.3 is 10.2 Å². The minimum Gasteiger partial charge on any atom is -0.345 e. The Morgan fingerprint density at radius 2 is 2.24 bits per heavy atom. The molecule has 1 aromatic rings. The fraction of sp³-hybridized carbons (Fsp3) is 0.667. The van der Waals surface area contributed by atoms with Crippen LogP contribution in [0.1, 0.15) is 55.5 Å². The zero-order valence-corrected chi connectivity index (χ0v) is 13.7. The summed E-state index contributed by atoms with van der Waals surface area (Å²) in [6.07, 6.45) is 4.68. The van der Waals surface area contributed by atoms with Crippen LogP contribution in [-0.4, -0.2) is 34.3 Å². The van der Waals surface area contributed by atoms with Crippen molar-refractivity contribution in [3.63, 3.8) is 0 Å². The van der Waals surface area contributed by atoms with E-state index in [1.54, 1.807) is 16.2 Å². The van der Waals surface area contributed by atoms with Gasteiger partial charge in [-0.05, 0) is 26.2 Å². The minimum atomic E-state index is -0.352. The van der Waals surface area contributed by atoms with Gasteiger partial charge in [0.25, 0.3) is 0 Å². The molecule has 0 spiro atoms. The highest BCUT2D eigenvalue weighted by molar-refractivity contribution is 7.11. The second kappa shape index (κ2) is 7.02. The monoisotopic (exact) mass is 309 g/mol. The summed E-state index contributed by atoms with van der Waals surface area (Å²) in [4.78, 5) is 31.6. The third-order valence-electron chi connectivity index (χ3n) is 3.84. The SMILES string of the molecule is CC[C@@H](NC(=O)[C@H](CC)N1CCCC1=O)c1ncc(C)s1. The summed E-state index contributed by atoms with van der Waals surface area (Å²) in [5.41, 5.74) is 0. The summed E-state index contributed by atoms with van der Waals surface area (Å²) in [5, 5.41) is 4.00. The van der Waals surface area contributed by atoms with Crippen molar-refractivity contribution in [2.24, 2.45) is 0 Å². The van der Waals surface area contributed by atoms with Gasteiger partial charge in [0.1, 0.15) is 11.0 Å². The zero-order valence-electron chi connectivity index (χ0n) is 12.9. The van der Waals surface area contributed by atoms with E-state index in [2.05, 4.69) is 10.3 Å². The molecular weight excluding hydrogens is 286 g/mol. The summed E-state index contributed by atoms with van der Waals surface area (Å²) < 4.78 is 0. The van der Waals surface area contributed by atoms with E-state index >= 15 is 0 Å². The third-order valence-corrected chi connectivity index (χ3v) is 4.86. The van der Waals surface area contributed by atoms with Crippen molar-refractivity contribution in [3.05, 3.63) is 16.1 Å². The molecule has 2 rings (SSSR count).